The number of likely N-dealkylation sites (tertiary alicyclic amines) is 1. The normalized spacial score (nSPS) is 15.0. The quantitative estimate of drug-likeness (QED) is 0.812. The molecule has 1 aliphatic rings. The zero-order valence-corrected chi connectivity index (χ0v) is 14.4. The van der Waals surface area contributed by atoms with E-state index in [-0.39, 0.29) is 18.0 Å². The summed E-state index contributed by atoms with van der Waals surface area (Å²) in [5.41, 5.74) is 0.625. The van der Waals surface area contributed by atoms with Gasteiger partial charge in [-0.05, 0) is 37.5 Å². The van der Waals surface area contributed by atoms with Crippen molar-refractivity contribution in [1.29, 1.82) is 0 Å². The van der Waals surface area contributed by atoms with E-state index in [4.69, 9.17) is 9.47 Å². The number of methoxy groups -OCH3 is 1. The minimum Gasteiger partial charge on any atom is -0.497 e. The summed E-state index contributed by atoms with van der Waals surface area (Å²) in [5, 5.41) is 2.88. The van der Waals surface area contributed by atoms with Crippen LogP contribution in [0.15, 0.2) is 24.3 Å². The predicted molar refractivity (Wildman–Crippen MR) is 91.3 cm³/mol. The minimum atomic E-state index is -0.360. The smallest absolute Gasteiger partial charge is 0.407 e. The van der Waals surface area contributed by atoms with Crippen molar-refractivity contribution in [2.45, 2.75) is 38.6 Å². The Labute approximate surface area is 143 Å². The number of piperidine rings is 1. The van der Waals surface area contributed by atoms with Crippen LogP contribution in [-0.2, 0) is 4.74 Å². The molecule has 132 valence electrons. The standard InChI is InChI=1S/C18H26N2O4/c1-3-4-12-24-18(22)19-15-8-10-20(11-9-15)17(21)14-6-5-7-16(13-14)23-2/h5-7,13,15H,3-4,8-12H2,1-2H3,(H,19,22). The highest BCUT2D eigenvalue weighted by molar-refractivity contribution is 5.94. The molecule has 24 heavy (non-hydrogen) atoms. The number of nitrogens with zero attached hydrogens (tertiary/aromatic N) is 1. The molecule has 1 heterocycles. The monoisotopic (exact) mass is 334 g/mol. The van der Waals surface area contributed by atoms with Gasteiger partial charge in [0.05, 0.1) is 13.7 Å². The van der Waals surface area contributed by atoms with Gasteiger partial charge in [0.25, 0.3) is 5.91 Å². The molecular formula is C18H26N2O4. The lowest BCUT2D eigenvalue weighted by atomic mass is 10.0. The second kappa shape index (κ2) is 9.15. The Morgan fingerprint density at radius 1 is 1.29 bits per heavy atom. The molecule has 2 amide bonds. The van der Waals surface area contributed by atoms with Gasteiger partial charge in [0.2, 0.25) is 0 Å². The molecule has 1 aromatic carbocycles. The van der Waals surface area contributed by atoms with Crippen LogP contribution >= 0.6 is 0 Å². The zero-order valence-electron chi connectivity index (χ0n) is 14.4. The minimum absolute atomic E-state index is 0.00197. The summed E-state index contributed by atoms with van der Waals surface area (Å²) >= 11 is 0. The van der Waals surface area contributed by atoms with Crippen LogP contribution in [-0.4, -0.2) is 49.7 Å². The Kier molecular flexibility index (Phi) is 6.90. The van der Waals surface area contributed by atoms with Gasteiger partial charge in [0.1, 0.15) is 5.75 Å². The molecule has 0 unspecified atom stereocenters. The van der Waals surface area contributed by atoms with Crippen LogP contribution in [0.3, 0.4) is 0 Å². The third kappa shape index (κ3) is 5.15. The number of carbonyl (C=O) groups excluding carboxylic acids is 2. The third-order valence-electron chi connectivity index (χ3n) is 4.15. The first-order chi connectivity index (χ1) is 11.6. The summed E-state index contributed by atoms with van der Waals surface area (Å²) in [6.07, 6.45) is 2.98. The Balaban J connectivity index is 1.79. The first kappa shape index (κ1) is 18.1. The van der Waals surface area contributed by atoms with E-state index in [1.54, 1.807) is 19.2 Å². The maximum absolute atomic E-state index is 12.5. The number of unbranched alkanes of at least 4 members (excludes halogenated alkanes) is 1. The molecule has 1 N–H and O–H groups in total. The second-order valence-corrected chi connectivity index (χ2v) is 5.93. The SMILES string of the molecule is CCCCOC(=O)NC1CCN(C(=O)c2cccc(OC)c2)CC1. The molecule has 0 aliphatic carbocycles. The van der Waals surface area contributed by atoms with E-state index < -0.39 is 0 Å². The molecule has 6 nitrogen and oxygen atoms in total. The van der Waals surface area contributed by atoms with E-state index in [1.165, 1.54) is 0 Å². The number of hydrogen-bond acceptors (Lipinski definition) is 4. The number of benzene rings is 1. The number of ether oxygens (including phenoxy) is 2. The molecule has 0 bridgehead atoms. The van der Waals surface area contributed by atoms with Crippen LogP contribution < -0.4 is 10.1 Å². The highest BCUT2D eigenvalue weighted by Crippen LogP contribution is 2.17. The molecule has 0 spiro atoms. The number of amides is 2. The van der Waals surface area contributed by atoms with Gasteiger partial charge in [-0.3, -0.25) is 4.79 Å². The Bertz CT molecular complexity index is 554. The Hall–Kier alpha value is -2.24. The van der Waals surface area contributed by atoms with Gasteiger partial charge in [-0.1, -0.05) is 19.4 Å². The van der Waals surface area contributed by atoms with Gasteiger partial charge in [0.15, 0.2) is 0 Å². The summed E-state index contributed by atoms with van der Waals surface area (Å²) in [5.74, 6) is 0.671. The number of carbonyl (C=O) groups is 2. The fourth-order valence-corrected chi connectivity index (χ4v) is 2.68. The first-order valence-electron chi connectivity index (χ1n) is 8.50. The van der Waals surface area contributed by atoms with Crippen LogP contribution in [0.5, 0.6) is 5.75 Å². The number of nitrogens with one attached hydrogen (secondary N) is 1. The molecule has 1 saturated heterocycles. The number of rotatable bonds is 6. The maximum atomic E-state index is 12.5. The molecule has 1 aromatic rings. The van der Waals surface area contributed by atoms with Crippen molar-refractivity contribution in [2.24, 2.45) is 0 Å². The van der Waals surface area contributed by atoms with Crippen LogP contribution in [0.2, 0.25) is 0 Å². The molecule has 0 atom stereocenters. The van der Waals surface area contributed by atoms with Crippen molar-refractivity contribution >= 4 is 12.0 Å². The van der Waals surface area contributed by atoms with Crippen LogP contribution in [0.25, 0.3) is 0 Å². The lowest BCUT2D eigenvalue weighted by Gasteiger charge is -2.32. The lowest BCUT2D eigenvalue weighted by molar-refractivity contribution is 0.0701. The first-order valence-corrected chi connectivity index (χ1v) is 8.50. The van der Waals surface area contributed by atoms with Crippen LogP contribution in [0, 0.1) is 0 Å². The Morgan fingerprint density at radius 2 is 2.04 bits per heavy atom. The summed E-state index contributed by atoms with van der Waals surface area (Å²) in [4.78, 5) is 26.0. The van der Waals surface area contributed by atoms with Crippen LogP contribution in [0.4, 0.5) is 4.79 Å². The third-order valence-corrected chi connectivity index (χ3v) is 4.15. The molecule has 6 heteroatoms. The van der Waals surface area contributed by atoms with Gasteiger partial charge in [-0.15, -0.1) is 0 Å². The lowest BCUT2D eigenvalue weighted by Crippen LogP contribution is -2.46. The van der Waals surface area contributed by atoms with Crippen molar-refractivity contribution in [1.82, 2.24) is 10.2 Å². The molecule has 1 aliphatic heterocycles. The van der Waals surface area contributed by atoms with Gasteiger partial charge >= 0.3 is 6.09 Å². The topological polar surface area (TPSA) is 67.9 Å². The fraction of sp³-hybridized carbons (Fsp3) is 0.556. The molecule has 1 fully saturated rings. The van der Waals surface area contributed by atoms with E-state index in [9.17, 15) is 9.59 Å². The molecule has 2 rings (SSSR count). The predicted octanol–water partition coefficient (Wildman–Crippen LogP) is 2.83. The average Bonchev–Trinajstić information content (AvgIpc) is 2.62. The number of alkyl carbamates (subject to hydrolysis) is 1. The van der Waals surface area contributed by atoms with E-state index in [2.05, 4.69) is 12.2 Å². The van der Waals surface area contributed by atoms with Crippen molar-refractivity contribution in [3.63, 3.8) is 0 Å². The van der Waals surface area contributed by atoms with Crippen molar-refractivity contribution in [3.8, 4) is 5.75 Å². The summed E-state index contributed by atoms with van der Waals surface area (Å²) < 4.78 is 10.3. The number of hydrogen-bond donors (Lipinski definition) is 1. The van der Waals surface area contributed by atoms with E-state index in [1.807, 2.05) is 17.0 Å². The van der Waals surface area contributed by atoms with E-state index in [0.29, 0.717) is 31.0 Å². The van der Waals surface area contributed by atoms with Gasteiger partial charge in [-0.2, -0.15) is 0 Å². The average molecular weight is 334 g/mol. The highest BCUT2D eigenvalue weighted by atomic mass is 16.5. The molecule has 0 saturated carbocycles. The van der Waals surface area contributed by atoms with Crippen molar-refractivity contribution in [2.75, 3.05) is 26.8 Å². The Morgan fingerprint density at radius 3 is 2.71 bits per heavy atom. The van der Waals surface area contributed by atoms with Crippen LogP contribution in [0.1, 0.15) is 43.0 Å². The van der Waals surface area contributed by atoms with E-state index in [0.717, 1.165) is 25.7 Å². The maximum Gasteiger partial charge on any atom is 0.407 e. The zero-order chi connectivity index (χ0) is 17.4. The second-order valence-electron chi connectivity index (χ2n) is 5.93. The van der Waals surface area contributed by atoms with Crippen molar-refractivity contribution < 1.29 is 19.1 Å². The molecular weight excluding hydrogens is 308 g/mol. The summed E-state index contributed by atoms with van der Waals surface area (Å²) in [6.45, 7) is 3.75. The highest BCUT2D eigenvalue weighted by Gasteiger charge is 2.25. The molecule has 0 radical (unpaired) electrons. The van der Waals surface area contributed by atoms with Gasteiger partial charge in [0, 0.05) is 24.7 Å². The fourth-order valence-electron chi connectivity index (χ4n) is 2.68. The van der Waals surface area contributed by atoms with Gasteiger partial charge < -0.3 is 19.7 Å². The molecule has 0 aromatic heterocycles. The van der Waals surface area contributed by atoms with Crippen molar-refractivity contribution in [3.05, 3.63) is 29.8 Å². The largest absolute Gasteiger partial charge is 0.497 e. The van der Waals surface area contributed by atoms with E-state index >= 15 is 0 Å². The summed E-state index contributed by atoms with van der Waals surface area (Å²) in [7, 11) is 1.58. The van der Waals surface area contributed by atoms with Gasteiger partial charge in [-0.25, -0.2) is 4.79 Å². The summed E-state index contributed by atoms with van der Waals surface area (Å²) in [6, 6.07) is 7.23.